The third-order valence-electron chi connectivity index (χ3n) is 4.71. The van der Waals surface area contributed by atoms with Gasteiger partial charge in [-0.15, -0.1) is 0 Å². The zero-order valence-corrected chi connectivity index (χ0v) is 15.5. The number of rotatable bonds is 9. The summed E-state index contributed by atoms with van der Waals surface area (Å²) in [5.74, 6) is 0.726. The number of aryl methyl sites for hydroxylation is 1. The topological polar surface area (TPSA) is 46.5 Å². The summed E-state index contributed by atoms with van der Waals surface area (Å²) in [5.41, 5.74) is 2.93. The summed E-state index contributed by atoms with van der Waals surface area (Å²) in [6.45, 7) is 9.51. The molecule has 0 radical (unpaired) electrons. The van der Waals surface area contributed by atoms with E-state index in [1.54, 1.807) is 7.11 Å². The third kappa shape index (κ3) is 4.38. The van der Waals surface area contributed by atoms with Crippen LogP contribution in [0.4, 0.5) is 0 Å². The highest BCUT2D eigenvalue weighted by Gasteiger charge is 2.16. The molecule has 0 aliphatic rings. The molecule has 0 unspecified atom stereocenters. The largest absolute Gasteiger partial charge is 0.497 e. The molecule has 0 saturated heterocycles. The van der Waals surface area contributed by atoms with E-state index in [1.165, 1.54) is 30.6 Å². The van der Waals surface area contributed by atoms with Gasteiger partial charge in [-0.05, 0) is 38.0 Å². The Kier molecular flexibility index (Phi) is 6.85. The summed E-state index contributed by atoms with van der Waals surface area (Å²) in [7, 11) is 1.63. The Bertz CT molecular complexity index is 713. The van der Waals surface area contributed by atoms with Crippen LogP contribution < -0.4 is 15.1 Å². The second-order valence-electron chi connectivity index (χ2n) is 6.60. The molecule has 1 heterocycles. The Morgan fingerprint density at radius 1 is 1.12 bits per heavy atom. The standard InChI is InChI=1S/C20H30N2O2/c1-5-7-11-22(12-8-6-2)14-18-15(3)21-19-10-9-16(24-4)13-17(19)20(18)23/h9-10,13H,5-8,11-12,14H2,1-4H3,(H,21,23)/p+1. The lowest BCUT2D eigenvalue weighted by Gasteiger charge is -2.20. The number of ether oxygens (including phenoxy) is 1. The molecular formula is C20H31N2O2+. The van der Waals surface area contributed by atoms with Crippen LogP contribution in [0.2, 0.25) is 0 Å². The SMILES string of the molecule is CCCC[NH+](CCCC)Cc1c(C)[nH]c2ccc(OC)cc2c1=O. The monoisotopic (exact) mass is 331 g/mol. The number of methoxy groups -OCH3 is 1. The van der Waals surface area contributed by atoms with Crippen LogP contribution >= 0.6 is 0 Å². The average molecular weight is 331 g/mol. The van der Waals surface area contributed by atoms with Crippen LogP contribution in [0.25, 0.3) is 10.9 Å². The summed E-state index contributed by atoms with van der Waals surface area (Å²) in [6, 6.07) is 5.65. The van der Waals surface area contributed by atoms with Gasteiger partial charge in [0, 0.05) is 16.6 Å². The summed E-state index contributed by atoms with van der Waals surface area (Å²) < 4.78 is 5.28. The second kappa shape index (κ2) is 8.88. The number of benzene rings is 1. The van der Waals surface area contributed by atoms with Crippen LogP contribution in [-0.4, -0.2) is 25.2 Å². The van der Waals surface area contributed by atoms with Crippen LogP contribution in [0.3, 0.4) is 0 Å². The highest BCUT2D eigenvalue weighted by atomic mass is 16.5. The first-order valence-corrected chi connectivity index (χ1v) is 9.13. The number of fused-ring (bicyclic) bond motifs is 1. The number of pyridine rings is 1. The molecule has 2 aromatic rings. The van der Waals surface area contributed by atoms with Crippen molar-refractivity contribution < 1.29 is 9.64 Å². The molecule has 0 amide bonds. The van der Waals surface area contributed by atoms with Crippen molar-refractivity contribution in [2.24, 2.45) is 0 Å². The molecule has 4 heteroatoms. The van der Waals surface area contributed by atoms with Crippen molar-refractivity contribution in [1.82, 2.24) is 4.98 Å². The quantitative estimate of drug-likeness (QED) is 0.742. The zero-order valence-electron chi connectivity index (χ0n) is 15.5. The molecule has 0 aliphatic heterocycles. The number of nitrogens with one attached hydrogen (secondary N) is 2. The van der Waals surface area contributed by atoms with E-state index < -0.39 is 0 Å². The van der Waals surface area contributed by atoms with Gasteiger partial charge in [-0.2, -0.15) is 0 Å². The van der Waals surface area contributed by atoms with Gasteiger partial charge in [-0.3, -0.25) is 4.79 Å². The van der Waals surface area contributed by atoms with Crippen molar-refractivity contribution in [3.05, 3.63) is 39.7 Å². The summed E-state index contributed by atoms with van der Waals surface area (Å²) in [4.78, 5) is 17.9. The number of hydrogen-bond donors (Lipinski definition) is 2. The fourth-order valence-corrected chi connectivity index (χ4v) is 3.18. The Labute approximate surface area is 144 Å². The fourth-order valence-electron chi connectivity index (χ4n) is 3.18. The molecule has 2 rings (SSSR count). The highest BCUT2D eigenvalue weighted by Crippen LogP contribution is 2.18. The van der Waals surface area contributed by atoms with Gasteiger partial charge in [0.05, 0.1) is 25.8 Å². The lowest BCUT2D eigenvalue weighted by molar-refractivity contribution is -0.914. The number of aromatic nitrogens is 1. The van der Waals surface area contributed by atoms with Crippen LogP contribution in [-0.2, 0) is 6.54 Å². The number of quaternary nitrogens is 1. The Morgan fingerprint density at radius 3 is 2.38 bits per heavy atom. The first-order chi connectivity index (χ1) is 11.6. The van der Waals surface area contributed by atoms with Crippen molar-refractivity contribution in [3.8, 4) is 5.75 Å². The summed E-state index contributed by atoms with van der Waals surface area (Å²) >= 11 is 0. The van der Waals surface area contributed by atoms with E-state index in [0.717, 1.165) is 47.5 Å². The van der Waals surface area contributed by atoms with E-state index in [9.17, 15) is 4.79 Å². The van der Waals surface area contributed by atoms with E-state index in [0.29, 0.717) is 0 Å². The Hall–Kier alpha value is -1.81. The minimum Gasteiger partial charge on any atom is -0.497 e. The average Bonchev–Trinajstić information content (AvgIpc) is 2.60. The van der Waals surface area contributed by atoms with Gasteiger partial charge in [0.25, 0.3) is 0 Å². The van der Waals surface area contributed by atoms with Gasteiger partial charge >= 0.3 is 0 Å². The molecule has 0 saturated carbocycles. The van der Waals surface area contributed by atoms with Gasteiger partial charge in [0.2, 0.25) is 0 Å². The molecule has 0 atom stereocenters. The van der Waals surface area contributed by atoms with E-state index >= 15 is 0 Å². The van der Waals surface area contributed by atoms with E-state index in [1.807, 2.05) is 25.1 Å². The number of hydrogen-bond acceptors (Lipinski definition) is 2. The lowest BCUT2D eigenvalue weighted by atomic mass is 10.1. The molecule has 0 bridgehead atoms. The fraction of sp³-hybridized carbons (Fsp3) is 0.550. The molecule has 0 spiro atoms. The van der Waals surface area contributed by atoms with E-state index in [2.05, 4.69) is 18.8 Å². The molecular weight excluding hydrogens is 300 g/mol. The summed E-state index contributed by atoms with van der Waals surface area (Å²) in [5, 5.41) is 0.722. The van der Waals surface area contributed by atoms with Crippen molar-refractivity contribution in [3.63, 3.8) is 0 Å². The van der Waals surface area contributed by atoms with Gasteiger partial charge < -0.3 is 14.6 Å². The van der Waals surface area contributed by atoms with Crippen LogP contribution in [0.1, 0.15) is 50.8 Å². The van der Waals surface area contributed by atoms with Crippen molar-refractivity contribution in [2.75, 3.05) is 20.2 Å². The van der Waals surface area contributed by atoms with Gasteiger partial charge in [0.15, 0.2) is 5.43 Å². The molecule has 2 N–H and O–H groups in total. The van der Waals surface area contributed by atoms with Gasteiger partial charge in [0.1, 0.15) is 12.3 Å². The normalized spacial score (nSPS) is 11.4. The first-order valence-electron chi connectivity index (χ1n) is 9.13. The minimum absolute atomic E-state index is 0.144. The van der Waals surface area contributed by atoms with Gasteiger partial charge in [-0.25, -0.2) is 0 Å². The predicted octanol–water partition coefficient (Wildman–Crippen LogP) is 2.83. The molecule has 0 fully saturated rings. The predicted molar refractivity (Wildman–Crippen MR) is 100 cm³/mol. The number of H-pyrrole nitrogens is 1. The van der Waals surface area contributed by atoms with E-state index in [-0.39, 0.29) is 5.43 Å². The summed E-state index contributed by atoms with van der Waals surface area (Å²) in [6.07, 6.45) is 4.80. The highest BCUT2D eigenvalue weighted by molar-refractivity contribution is 5.81. The molecule has 0 aliphatic carbocycles. The zero-order chi connectivity index (χ0) is 17.5. The number of aromatic amines is 1. The lowest BCUT2D eigenvalue weighted by Crippen LogP contribution is -3.10. The molecule has 1 aromatic carbocycles. The molecule has 132 valence electrons. The van der Waals surface area contributed by atoms with Crippen molar-refractivity contribution in [2.45, 2.75) is 53.0 Å². The maximum absolute atomic E-state index is 13.0. The molecule has 24 heavy (non-hydrogen) atoms. The van der Waals surface area contributed by atoms with Crippen molar-refractivity contribution in [1.29, 1.82) is 0 Å². The Balaban J connectivity index is 2.36. The maximum Gasteiger partial charge on any atom is 0.198 e. The smallest absolute Gasteiger partial charge is 0.198 e. The maximum atomic E-state index is 13.0. The minimum atomic E-state index is 0.144. The number of unbranched alkanes of at least 4 members (excludes halogenated alkanes) is 2. The van der Waals surface area contributed by atoms with Crippen LogP contribution in [0.5, 0.6) is 5.75 Å². The van der Waals surface area contributed by atoms with Crippen LogP contribution in [0, 0.1) is 6.92 Å². The van der Waals surface area contributed by atoms with Gasteiger partial charge in [-0.1, -0.05) is 26.7 Å². The first kappa shape index (κ1) is 18.5. The van der Waals surface area contributed by atoms with Crippen LogP contribution in [0.15, 0.2) is 23.0 Å². The molecule has 4 nitrogen and oxygen atoms in total. The van der Waals surface area contributed by atoms with Crippen molar-refractivity contribution >= 4 is 10.9 Å². The second-order valence-corrected chi connectivity index (χ2v) is 6.60. The molecule has 1 aromatic heterocycles. The Morgan fingerprint density at radius 2 is 1.79 bits per heavy atom. The third-order valence-corrected chi connectivity index (χ3v) is 4.71. The van der Waals surface area contributed by atoms with E-state index in [4.69, 9.17) is 4.74 Å².